The predicted molar refractivity (Wildman–Crippen MR) is 102 cm³/mol. The highest BCUT2D eigenvalue weighted by atomic mass is 16.7. The van der Waals surface area contributed by atoms with Crippen molar-refractivity contribution in [3.8, 4) is 0 Å². The molecule has 0 saturated heterocycles. The quantitative estimate of drug-likeness (QED) is 0.380. The lowest BCUT2D eigenvalue weighted by molar-refractivity contribution is -0.163. The first-order chi connectivity index (χ1) is 13.7. The minimum Gasteiger partial charge on any atom is -0.464 e. The number of para-hydroxylation sites is 1. The molecule has 7 nitrogen and oxygen atoms in total. The first-order valence-electron chi connectivity index (χ1n) is 9.15. The van der Waals surface area contributed by atoms with Crippen molar-refractivity contribution in [2.45, 2.75) is 18.6 Å². The number of hydrogen-bond donors (Lipinski definition) is 1. The summed E-state index contributed by atoms with van der Waals surface area (Å²) >= 11 is 0. The number of rotatable bonds is 10. The van der Waals surface area contributed by atoms with Crippen LogP contribution in [0.3, 0.4) is 0 Å². The van der Waals surface area contributed by atoms with Crippen LogP contribution in [0.25, 0.3) is 11.0 Å². The second-order valence-electron chi connectivity index (χ2n) is 6.20. The number of esters is 1. The Morgan fingerprint density at radius 3 is 2.96 bits per heavy atom. The summed E-state index contributed by atoms with van der Waals surface area (Å²) in [6, 6.07) is 7.72. The Balaban J connectivity index is 1.76. The number of benzene rings is 1. The molecule has 1 aromatic carbocycles. The molecule has 1 aliphatic rings. The van der Waals surface area contributed by atoms with E-state index in [0.29, 0.717) is 13.0 Å². The topological polar surface area (TPSA) is 87.4 Å². The average molecular weight is 388 g/mol. The summed E-state index contributed by atoms with van der Waals surface area (Å²) in [6.45, 7) is 4.44. The molecule has 0 spiro atoms. The van der Waals surface area contributed by atoms with E-state index in [1.165, 1.54) is 6.08 Å². The summed E-state index contributed by atoms with van der Waals surface area (Å²) in [7, 11) is 0. The van der Waals surface area contributed by atoms with Gasteiger partial charge in [-0.15, -0.1) is 0 Å². The molecule has 0 amide bonds. The Bertz CT molecular complexity index is 823. The lowest BCUT2D eigenvalue weighted by atomic mass is 9.92. The maximum atomic E-state index is 12.3. The third kappa shape index (κ3) is 5.01. The van der Waals surface area contributed by atoms with Crippen LogP contribution in [0.2, 0.25) is 0 Å². The molecule has 0 fully saturated rings. The molecule has 28 heavy (non-hydrogen) atoms. The molecule has 2 heterocycles. The van der Waals surface area contributed by atoms with E-state index < -0.39 is 12.3 Å². The van der Waals surface area contributed by atoms with Crippen LogP contribution in [-0.2, 0) is 23.7 Å². The van der Waals surface area contributed by atoms with E-state index >= 15 is 0 Å². The first-order valence-corrected chi connectivity index (χ1v) is 9.15. The van der Waals surface area contributed by atoms with Crippen LogP contribution < -0.4 is 0 Å². The van der Waals surface area contributed by atoms with Gasteiger partial charge >= 0.3 is 5.97 Å². The van der Waals surface area contributed by atoms with E-state index in [0.717, 1.165) is 16.5 Å². The van der Waals surface area contributed by atoms with Gasteiger partial charge in [0.15, 0.2) is 0 Å². The summed E-state index contributed by atoms with van der Waals surface area (Å²) in [4.78, 5) is 12.3. The molecule has 7 heteroatoms. The molecule has 0 aliphatic carbocycles. The molecule has 0 bridgehead atoms. The minimum atomic E-state index is -0.632. The van der Waals surface area contributed by atoms with Gasteiger partial charge in [0.1, 0.15) is 12.2 Å². The summed E-state index contributed by atoms with van der Waals surface area (Å²) in [6.07, 6.45) is 4.82. The molecular weight excluding hydrogens is 364 g/mol. The highest BCUT2D eigenvalue weighted by Gasteiger charge is 2.31. The number of aliphatic hydroxyl groups is 1. The van der Waals surface area contributed by atoms with Crippen LogP contribution in [-0.4, -0.2) is 50.4 Å². The molecule has 1 aromatic heterocycles. The van der Waals surface area contributed by atoms with Gasteiger partial charge in [0.25, 0.3) is 0 Å². The highest BCUT2D eigenvalue weighted by molar-refractivity contribution is 5.87. The van der Waals surface area contributed by atoms with Crippen LogP contribution in [0.4, 0.5) is 0 Å². The van der Waals surface area contributed by atoms with Crippen LogP contribution in [0.5, 0.6) is 0 Å². The van der Waals surface area contributed by atoms with E-state index in [1.54, 1.807) is 12.3 Å². The molecule has 3 rings (SSSR count). The molecule has 1 aliphatic heterocycles. The van der Waals surface area contributed by atoms with Gasteiger partial charge in [-0.3, -0.25) is 0 Å². The lowest BCUT2D eigenvalue weighted by Crippen LogP contribution is -2.28. The fourth-order valence-electron chi connectivity index (χ4n) is 3.02. The van der Waals surface area contributed by atoms with E-state index in [9.17, 15) is 4.79 Å². The van der Waals surface area contributed by atoms with Gasteiger partial charge in [0.05, 0.1) is 32.7 Å². The fourth-order valence-corrected chi connectivity index (χ4v) is 3.02. The van der Waals surface area contributed by atoms with Crippen molar-refractivity contribution in [1.29, 1.82) is 0 Å². The number of furan rings is 1. The maximum absolute atomic E-state index is 12.3. The van der Waals surface area contributed by atoms with Crippen molar-refractivity contribution in [2.24, 2.45) is 0 Å². The molecule has 2 aromatic rings. The Morgan fingerprint density at radius 2 is 2.14 bits per heavy atom. The molecule has 0 unspecified atom stereocenters. The van der Waals surface area contributed by atoms with Crippen LogP contribution in [0.15, 0.2) is 59.4 Å². The molecule has 0 radical (unpaired) electrons. The Morgan fingerprint density at radius 1 is 1.29 bits per heavy atom. The zero-order valence-electron chi connectivity index (χ0n) is 15.5. The second kappa shape index (κ2) is 10.1. The Labute approximate surface area is 163 Å². The van der Waals surface area contributed by atoms with Gasteiger partial charge < -0.3 is 28.5 Å². The minimum absolute atomic E-state index is 0.0441. The molecule has 0 saturated carbocycles. The second-order valence-corrected chi connectivity index (χ2v) is 6.20. The van der Waals surface area contributed by atoms with Gasteiger partial charge in [0.2, 0.25) is 12.0 Å². The zero-order chi connectivity index (χ0) is 19.8. The smallest absolute Gasteiger partial charge is 0.373 e. The molecule has 1 N–H and O–H groups in total. The van der Waals surface area contributed by atoms with Gasteiger partial charge in [-0.2, -0.15) is 0 Å². The van der Waals surface area contributed by atoms with E-state index in [-0.39, 0.29) is 38.1 Å². The van der Waals surface area contributed by atoms with Gasteiger partial charge in [-0.05, 0) is 12.1 Å². The molecular formula is C21H24O7. The van der Waals surface area contributed by atoms with Crippen LogP contribution in [0, 0.1) is 0 Å². The summed E-state index contributed by atoms with van der Waals surface area (Å²) in [5.41, 5.74) is 1.74. The Hall–Kier alpha value is -2.61. The zero-order valence-corrected chi connectivity index (χ0v) is 15.5. The SMILES string of the molecule is C=CCOC(=O)C1=C[C@@H](c2coc3ccccc23)C[C@@H](OCCOCCO)O1. The molecule has 2 atom stereocenters. The van der Waals surface area contributed by atoms with E-state index in [1.807, 2.05) is 24.3 Å². The Kier molecular flexibility index (Phi) is 7.25. The van der Waals surface area contributed by atoms with Crippen molar-refractivity contribution in [3.05, 3.63) is 60.6 Å². The lowest BCUT2D eigenvalue weighted by Gasteiger charge is -2.28. The van der Waals surface area contributed by atoms with Crippen molar-refractivity contribution in [3.63, 3.8) is 0 Å². The number of carbonyl (C=O) groups excluding carboxylic acids is 1. The third-order valence-corrected chi connectivity index (χ3v) is 4.27. The van der Waals surface area contributed by atoms with Gasteiger partial charge in [-0.1, -0.05) is 30.9 Å². The van der Waals surface area contributed by atoms with Crippen molar-refractivity contribution in [2.75, 3.05) is 33.0 Å². The maximum Gasteiger partial charge on any atom is 0.373 e. The van der Waals surface area contributed by atoms with Crippen molar-refractivity contribution >= 4 is 16.9 Å². The number of allylic oxidation sites excluding steroid dienone is 1. The number of aliphatic hydroxyl groups excluding tert-OH is 1. The summed E-state index contributed by atoms with van der Waals surface area (Å²) < 4.78 is 27.4. The number of hydrogen-bond acceptors (Lipinski definition) is 7. The summed E-state index contributed by atoms with van der Waals surface area (Å²) in [5.74, 6) is -0.598. The predicted octanol–water partition coefficient (Wildman–Crippen LogP) is 2.90. The van der Waals surface area contributed by atoms with E-state index in [2.05, 4.69) is 6.58 Å². The van der Waals surface area contributed by atoms with Crippen molar-refractivity contribution in [1.82, 2.24) is 0 Å². The third-order valence-electron chi connectivity index (χ3n) is 4.27. The normalized spacial score (nSPS) is 19.1. The molecule has 150 valence electrons. The number of carbonyl (C=O) groups is 1. The first kappa shape index (κ1) is 20.1. The fraction of sp³-hybridized carbons (Fsp3) is 0.381. The number of ether oxygens (including phenoxy) is 4. The number of fused-ring (bicyclic) bond motifs is 1. The van der Waals surface area contributed by atoms with Crippen molar-refractivity contribution < 1.29 is 33.3 Å². The van der Waals surface area contributed by atoms with E-state index in [4.69, 9.17) is 28.5 Å². The van der Waals surface area contributed by atoms with Gasteiger partial charge in [-0.25, -0.2) is 4.79 Å². The van der Waals surface area contributed by atoms with Crippen LogP contribution >= 0.6 is 0 Å². The highest BCUT2D eigenvalue weighted by Crippen LogP contribution is 2.36. The van der Waals surface area contributed by atoms with Crippen LogP contribution in [0.1, 0.15) is 17.9 Å². The summed E-state index contributed by atoms with van der Waals surface area (Å²) in [5, 5.41) is 9.72. The largest absolute Gasteiger partial charge is 0.464 e. The monoisotopic (exact) mass is 388 g/mol. The standard InChI is InChI=1S/C21H24O7/c1-2-8-26-21(23)19-12-15(13-20(28-19)25-11-10-24-9-7-22)17-14-27-18-6-4-3-5-16(17)18/h2-6,12,14-15,20,22H,1,7-11,13H2/t15-,20+/m1/s1. The van der Waals surface area contributed by atoms with Gasteiger partial charge in [0, 0.05) is 23.3 Å². The average Bonchev–Trinajstić information content (AvgIpc) is 3.16.